The largest absolute Gasteiger partial charge is 0.369 e. The van der Waals surface area contributed by atoms with Crippen LogP contribution in [0.4, 0.5) is 0 Å². The maximum atomic E-state index is 5.94. The summed E-state index contributed by atoms with van der Waals surface area (Å²) in [7, 11) is 0. The van der Waals surface area contributed by atoms with E-state index in [-0.39, 0.29) is 6.10 Å². The summed E-state index contributed by atoms with van der Waals surface area (Å²) in [6.45, 7) is 6.70. The van der Waals surface area contributed by atoms with Crippen LogP contribution in [0, 0.1) is 0 Å². The fourth-order valence-corrected chi connectivity index (χ4v) is 2.20. The van der Waals surface area contributed by atoms with Gasteiger partial charge < -0.3 is 4.74 Å². The van der Waals surface area contributed by atoms with Gasteiger partial charge in [-0.05, 0) is 24.8 Å². The zero-order valence-electron chi connectivity index (χ0n) is 13.9. The molecule has 1 aromatic rings. The Labute approximate surface area is 136 Å². The molecule has 22 heavy (non-hydrogen) atoms. The maximum Gasteiger partial charge on any atom is 0.0797 e. The Bertz CT molecular complexity index is 430. The first-order valence-electron chi connectivity index (χ1n) is 8.46. The lowest BCUT2D eigenvalue weighted by Gasteiger charge is -2.12. The minimum absolute atomic E-state index is 0.0995. The average Bonchev–Trinajstić information content (AvgIpc) is 2.56. The predicted molar refractivity (Wildman–Crippen MR) is 96.9 cm³/mol. The molecule has 0 bridgehead atoms. The third-order valence-corrected chi connectivity index (χ3v) is 3.50. The lowest BCUT2D eigenvalue weighted by atomic mass is 10.1. The number of ether oxygens (including phenoxy) is 1. The Kier molecular flexibility index (Phi) is 11.0. The zero-order valence-corrected chi connectivity index (χ0v) is 13.9. The molecular weight excluding hydrogens is 268 g/mol. The van der Waals surface area contributed by atoms with E-state index in [1.54, 1.807) is 0 Å². The van der Waals surface area contributed by atoms with E-state index in [1.165, 1.54) is 37.7 Å². The van der Waals surface area contributed by atoms with E-state index < -0.39 is 0 Å². The number of hydrogen-bond donors (Lipinski definition) is 0. The van der Waals surface area contributed by atoms with E-state index in [4.69, 9.17) is 4.74 Å². The van der Waals surface area contributed by atoms with Crippen molar-refractivity contribution in [3.63, 3.8) is 0 Å². The molecule has 1 heteroatoms. The van der Waals surface area contributed by atoms with Crippen LogP contribution in [0.3, 0.4) is 0 Å². The van der Waals surface area contributed by atoms with Crippen LogP contribution in [0.2, 0.25) is 0 Å². The van der Waals surface area contributed by atoms with Crippen molar-refractivity contribution in [2.24, 2.45) is 0 Å². The lowest BCUT2D eigenvalue weighted by Crippen LogP contribution is -2.08. The van der Waals surface area contributed by atoms with Gasteiger partial charge in [0.05, 0.1) is 12.7 Å². The second-order valence-corrected chi connectivity index (χ2v) is 5.52. The van der Waals surface area contributed by atoms with Gasteiger partial charge in [-0.15, -0.1) is 6.58 Å². The second-order valence-electron chi connectivity index (χ2n) is 5.52. The molecule has 1 nitrogen and oxygen atoms in total. The first kappa shape index (κ1) is 18.4. The number of allylic oxidation sites excluding steroid dienone is 3. The van der Waals surface area contributed by atoms with Gasteiger partial charge in [-0.25, -0.2) is 0 Å². The topological polar surface area (TPSA) is 9.23 Å². The van der Waals surface area contributed by atoms with Crippen molar-refractivity contribution >= 4 is 0 Å². The van der Waals surface area contributed by atoms with Crippen LogP contribution < -0.4 is 0 Å². The summed E-state index contributed by atoms with van der Waals surface area (Å²) in [6.07, 6.45) is 17.9. The molecule has 120 valence electrons. The molecule has 1 unspecified atom stereocenters. The zero-order chi connectivity index (χ0) is 15.9. The van der Waals surface area contributed by atoms with Crippen molar-refractivity contribution in [1.82, 2.24) is 0 Å². The highest BCUT2D eigenvalue weighted by Gasteiger charge is 2.02. The SMILES string of the molecule is C=CCC(C=CC=CCCCCCC)OCc1ccccc1. The molecule has 0 saturated carbocycles. The van der Waals surface area contributed by atoms with Crippen molar-refractivity contribution in [3.8, 4) is 0 Å². The number of benzene rings is 1. The smallest absolute Gasteiger partial charge is 0.0797 e. The highest BCUT2D eigenvalue weighted by atomic mass is 16.5. The van der Waals surface area contributed by atoms with Crippen molar-refractivity contribution in [1.29, 1.82) is 0 Å². The van der Waals surface area contributed by atoms with E-state index in [1.807, 2.05) is 24.3 Å². The van der Waals surface area contributed by atoms with Crippen LogP contribution in [0.1, 0.15) is 51.0 Å². The first-order chi connectivity index (χ1) is 10.9. The van der Waals surface area contributed by atoms with Gasteiger partial charge in [0.15, 0.2) is 0 Å². The molecular formula is C21H30O. The average molecular weight is 298 g/mol. The quantitative estimate of drug-likeness (QED) is 0.252. The van der Waals surface area contributed by atoms with E-state index in [0.29, 0.717) is 6.61 Å². The summed E-state index contributed by atoms with van der Waals surface area (Å²) in [4.78, 5) is 0. The normalized spacial score (nSPS) is 13.0. The van der Waals surface area contributed by atoms with Gasteiger partial charge >= 0.3 is 0 Å². The molecule has 0 aliphatic rings. The highest BCUT2D eigenvalue weighted by molar-refractivity contribution is 5.14. The molecule has 0 amide bonds. The fourth-order valence-electron chi connectivity index (χ4n) is 2.20. The summed E-state index contributed by atoms with van der Waals surface area (Å²) in [5, 5.41) is 0. The summed E-state index contributed by atoms with van der Waals surface area (Å²) >= 11 is 0. The minimum atomic E-state index is 0.0995. The van der Waals surface area contributed by atoms with Gasteiger partial charge in [-0.1, -0.05) is 86.9 Å². The Hall–Kier alpha value is -1.60. The van der Waals surface area contributed by atoms with Crippen molar-refractivity contribution in [3.05, 3.63) is 72.9 Å². The van der Waals surface area contributed by atoms with Crippen LogP contribution in [-0.2, 0) is 11.3 Å². The molecule has 0 heterocycles. The molecule has 1 rings (SSSR count). The molecule has 1 aromatic carbocycles. The molecule has 0 aromatic heterocycles. The van der Waals surface area contributed by atoms with Crippen LogP contribution in [0.15, 0.2) is 67.3 Å². The Morgan fingerprint density at radius 1 is 1.09 bits per heavy atom. The Morgan fingerprint density at radius 3 is 2.64 bits per heavy atom. The molecule has 0 fully saturated rings. The van der Waals surface area contributed by atoms with Gasteiger partial charge in [-0.3, -0.25) is 0 Å². The van der Waals surface area contributed by atoms with Gasteiger partial charge in [-0.2, -0.15) is 0 Å². The summed E-state index contributed by atoms with van der Waals surface area (Å²) in [5.74, 6) is 0. The predicted octanol–water partition coefficient (Wildman–Crippen LogP) is 6.23. The molecule has 0 N–H and O–H groups in total. The van der Waals surface area contributed by atoms with Gasteiger partial charge in [0.1, 0.15) is 0 Å². The van der Waals surface area contributed by atoms with Crippen LogP contribution >= 0.6 is 0 Å². The first-order valence-corrected chi connectivity index (χ1v) is 8.46. The van der Waals surface area contributed by atoms with Gasteiger partial charge in [0, 0.05) is 0 Å². The summed E-state index contributed by atoms with van der Waals surface area (Å²) in [6, 6.07) is 10.3. The third-order valence-electron chi connectivity index (χ3n) is 3.50. The highest BCUT2D eigenvalue weighted by Crippen LogP contribution is 2.08. The maximum absolute atomic E-state index is 5.94. The third kappa shape index (κ3) is 9.36. The number of rotatable bonds is 12. The van der Waals surface area contributed by atoms with Crippen LogP contribution in [0.25, 0.3) is 0 Å². The van der Waals surface area contributed by atoms with Crippen LogP contribution in [0.5, 0.6) is 0 Å². The standard InChI is InChI=1S/C21H30O/c1-3-5-6-7-8-9-10-14-18-21(15-4-2)22-19-20-16-12-11-13-17-20/h4,9-14,16-18,21H,2-3,5-8,15,19H2,1H3. The molecule has 0 saturated heterocycles. The number of hydrogen-bond acceptors (Lipinski definition) is 1. The fraction of sp³-hybridized carbons (Fsp3) is 0.429. The van der Waals surface area contributed by atoms with E-state index >= 15 is 0 Å². The van der Waals surface area contributed by atoms with E-state index in [2.05, 4.69) is 49.9 Å². The summed E-state index contributed by atoms with van der Waals surface area (Å²) in [5.41, 5.74) is 1.21. The Balaban J connectivity index is 2.28. The lowest BCUT2D eigenvalue weighted by molar-refractivity contribution is 0.0740. The molecule has 0 aliphatic carbocycles. The minimum Gasteiger partial charge on any atom is -0.369 e. The van der Waals surface area contributed by atoms with E-state index in [0.717, 1.165) is 6.42 Å². The molecule has 1 atom stereocenters. The van der Waals surface area contributed by atoms with Crippen LogP contribution in [-0.4, -0.2) is 6.10 Å². The van der Waals surface area contributed by atoms with Gasteiger partial charge in [0.2, 0.25) is 0 Å². The monoisotopic (exact) mass is 298 g/mol. The second kappa shape index (κ2) is 13.1. The Morgan fingerprint density at radius 2 is 1.91 bits per heavy atom. The van der Waals surface area contributed by atoms with Crippen molar-refractivity contribution in [2.75, 3.05) is 0 Å². The summed E-state index contributed by atoms with van der Waals surface area (Å²) < 4.78 is 5.94. The molecule has 0 radical (unpaired) electrons. The van der Waals surface area contributed by atoms with E-state index in [9.17, 15) is 0 Å². The molecule has 0 aliphatic heterocycles. The number of unbranched alkanes of at least 4 members (excludes halogenated alkanes) is 4. The van der Waals surface area contributed by atoms with Crippen molar-refractivity contribution in [2.45, 2.75) is 58.2 Å². The van der Waals surface area contributed by atoms with Gasteiger partial charge in [0.25, 0.3) is 0 Å². The van der Waals surface area contributed by atoms with Crippen molar-refractivity contribution < 1.29 is 4.74 Å². The molecule has 0 spiro atoms.